The molecule has 0 radical (unpaired) electrons. The summed E-state index contributed by atoms with van der Waals surface area (Å²) in [6, 6.07) is 15.3. The third kappa shape index (κ3) is 3.31. The minimum Gasteiger partial charge on any atom is -0.480 e. The van der Waals surface area contributed by atoms with Gasteiger partial charge in [0.1, 0.15) is 19.2 Å². The van der Waals surface area contributed by atoms with Gasteiger partial charge in [0.15, 0.2) is 0 Å². The number of carboxylic acids is 1. The van der Waals surface area contributed by atoms with Gasteiger partial charge in [0.25, 0.3) is 0 Å². The van der Waals surface area contributed by atoms with E-state index in [4.69, 9.17) is 9.84 Å². The van der Waals surface area contributed by atoms with E-state index in [1.807, 2.05) is 36.4 Å². The van der Waals surface area contributed by atoms with Crippen LogP contribution in [0.25, 0.3) is 11.1 Å². The van der Waals surface area contributed by atoms with Crippen molar-refractivity contribution in [3.63, 3.8) is 0 Å². The Morgan fingerprint density at radius 1 is 1.07 bits per heavy atom. The summed E-state index contributed by atoms with van der Waals surface area (Å²) >= 11 is 0. The predicted octanol–water partition coefficient (Wildman–Crippen LogP) is 2.21. The van der Waals surface area contributed by atoms with Crippen molar-refractivity contribution < 1.29 is 24.2 Å². The lowest BCUT2D eigenvalue weighted by Crippen LogP contribution is -2.43. The summed E-state index contributed by atoms with van der Waals surface area (Å²) in [6.45, 7) is 0.112. The fraction of sp³-hybridized carbons (Fsp3) is 0.286. The first-order valence-corrected chi connectivity index (χ1v) is 9.16. The number of ether oxygens (including phenoxy) is 1. The molecule has 0 aromatic heterocycles. The maximum absolute atomic E-state index is 12.2. The zero-order chi connectivity index (χ0) is 19.7. The van der Waals surface area contributed by atoms with E-state index >= 15 is 0 Å². The minimum atomic E-state index is -1.07. The second kappa shape index (κ2) is 7.34. The standard InChI is InChI=1S/C21H20N2O5/c24-19(25)11-23-10-9-18(20(23)26)22-21(27)28-12-17-15-7-3-1-5-13(15)14-6-2-4-8-16(14)17/h1-8,17-18H,9-12H2,(H,22,27)(H,24,25)/t18-/m0/s1. The average molecular weight is 380 g/mol. The quantitative estimate of drug-likeness (QED) is 0.829. The molecule has 7 heteroatoms. The number of hydrogen-bond acceptors (Lipinski definition) is 4. The molecule has 2 aromatic carbocycles. The van der Waals surface area contributed by atoms with Crippen molar-refractivity contribution in [2.45, 2.75) is 18.4 Å². The number of rotatable bonds is 5. The zero-order valence-corrected chi connectivity index (χ0v) is 15.1. The van der Waals surface area contributed by atoms with Gasteiger partial charge in [-0.1, -0.05) is 48.5 Å². The molecule has 1 fully saturated rings. The summed E-state index contributed by atoms with van der Waals surface area (Å²) in [7, 11) is 0. The molecule has 1 atom stereocenters. The van der Waals surface area contributed by atoms with Crippen LogP contribution in [0.3, 0.4) is 0 Å². The van der Waals surface area contributed by atoms with Crippen LogP contribution in [0.4, 0.5) is 4.79 Å². The van der Waals surface area contributed by atoms with Crippen molar-refractivity contribution in [1.82, 2.24) is 10.2 Å². The van der Waals surface area contributed by atoms with Crippen molar-refractivity contribution in [2.24, 2.45) is 0 Å². The van der Waals surface area contributed by atoms with E-state index < -0.39 is 24.0 Å². The van der Waals surface area contributed by atoms with Gasteiger partial charge in [-0.05, 0) is 28.7 Å². The molecule has 0 bridgehead atoms. The number of carboxylic acid groups (broad SMARTS) is 1. The Kier molecular flexibility index (Phi) is 4.73. The molecule has 2 aliphatic rings. The van der Waals surface area contributed by atoms with Crippen molar-refractivity contribution in [2.75, 3.05) is 19.7 Å². The van der Waals surface area contributed by atoms with E-state index in [1.54, 1.807) is 0 Å². The van der Waals surface area contributed by atoms with Crippen molar-refractivity contribution in [3.05, 3.63) is 59.7 Å². The van der Waals surface area contributed by atoms with Gasteiger partial charge in [0, 0.05) is 12.5 Å². The number of amides is 2. The second-order valence-corrected chi connectivity index (χ2v) is 6.96. The minimum absolute atomic E-state index is 0.0547. The van der Waals surface area contributed by atoms with Gasteiger partial charge in [-0.15, -0.1) is 0 Å². The predicted molar refractivity (Wildman–Crippen MR) is 101 cm³/mol. The molecular formula is C21H20N2O5. The monoisotopic (exact) mass is 380 g/mol. The summed E-state index contributed by atoms with van der Waals surface area (Å²) in [5.74, 6) is -1.52. The fourth-order valence-electron chi connectivity index (χ4n) is 3.98. The molecule has 0 saturated carbocycles. The number of benzene rings is 2. The maximum Gasteiger partial charge on any atom is 0.407 e. The number of alkyl carbamates (subject to hydrolysis) is 1. The van der Waals surface area contributed by atoms with Gasteiger partial charge in [-0.3, -0.25) is 9.59 Å². The molecule has 1 aliphatic carbocycles. The van der Waals surface area contributed by atoms with Crippen LogP contribution >= 0.6 is 0 Å². The third-order valence-electron chi connectivity index (χ3n) is 5.26. The van der Waals surface area contributed by atoms with Gasteiger partial charge >= 0.3 is 12.1 Å². The molecular weight excluding hydrogens is 360 g/mol. The van der Waals surface area contributed by atoms with Crippen molar-refractivity contribution in [1.29, 1.82) is 0 Å². The molecule has 2 amide bonds. The molecule has 28 heavy (non-hydrogen) atoms. The Balaban J connectivity index is 1.39. The molecule has 7 nitrogen and oxygen atoms in total. The van der Waals surface area contributed by atoms with Crippen LogP contribution in [0, 0.1) is 0 Å². The zero-order valence-electron chi connectivity index (χ0n) is 15.1. The number of likely N-dealkylation sites (tertiary alicyclic amines) is 1. The number of aliphatic carboxylic acids is 1. The van der Waals surface area contributed by atoms with Crippen LogP contribution < -0.4 is 5.32 Å². The Labute approximate surface area is 161 Å². The highest BCUT2D eigenvalue weighted by Gasteiger charge is 2.34. The topological polar surface area (TPSA) is 95.9 Å². The summed E-state index contributed by atoms with van der Waals surface area (Å²) in [5.41, 5.74) is 4.51. The van der Waals surface area contributed by atoms with Crippen molar-refractivity contribution in [3.8, 4) is 11.1 Å². The van der Waals surface area contributed by atoms with Gasteiger partial charge in [0.2, 0.25) is 5.91 Å². The molecule has 1 aliphatic heterocycles. The summed E-state index contributed by atoms with van der Waals surface area (Å²) in [5, 5.41) is 11.4. The molecule has 4 rings (SSSR count). The van der Waals surface area contributed by atoms with E-state index in [1.165, 1.54) is 4.90 Å². The molecule has 0 spiro atoms. The molecule has 144 valence electrons. The largest absolute Gasteiger partial charge is 0.480 e. The highest BCUT2D eigenvalue weighted by molar-refractivity contribution is 5.89. The molecule has 2 N–H and O–H groups in total. The first-order chi connectivity index (χ1) is 13.5. The lowest BCUT2D eigenvalue weighted by atomic mass is 9.98. The Morgan fingerprint density at radius 2 is 1.68 bits per heavy atom. The summed E-state index contributed by atoms with van der Waals surface area (Å²) in [6.07, 6.45) is -0.298. The molecule has 1 saturated heterocycles. The van der Waals surface area contributed by atoms with E-state index in [2.05, 4.69) is 17.4 Å². The molecule has 1 heterocycles. The van der Waals surface area contributed by atoms with Crippen LogP contribution in [0.1, 0.15) is 23.5 Å². The lowest BCUT2D eigenvalue weighted by molar-refractivity contribution is -0.143. The van der Waals surface area contributed by atoms with Gasteiger partial charge in [0.05, 0.1) is 0 Å². The number of carbonyl (C=O) groups is 3. The van der Waals surface area contributed by atoms with E-state index in [-0.39, 0.29) is 19.1 Å². The normalized spacial score (nSPS) is 17.9. The molecule has 0 unspecified atom stereocenters. The highest BCUT2D eigenvalue weighted by atomic mass is 16.5. The summed E-state index contributed by atoms with van der Waals surface area (Å²) in [4.78, 5) is 36.4. The van der Waals surface area contributed by atoms with Gasteiger partial charge in [-0.2, -0.15) is 0 Å². The number of nitrogens with one attached hydrogen (secondary N) is 1. The maximum atomic E-state index is 12.2. The van der Waals surface area contributed by atoms with E-state index in [0.717, 1.165) is 22.3 Å². The lowest BCUT2D eigenvalue weighted by Gasteiger charge is -2.17. The average Bonchev–Trinajstić information content (AvgIpc) is 3.18. The van der Waals surface area contributed by atoms with Crippen LogP contribution in [-0.4, -0.2) is 53.7 Å². The Hall–Kier alpha value is -3.35. The number of carbonyl (C=O) groups excluding carboxylic acids is 2. The van der Waals surface area contributed by atoms with E-state index in [9.17, 15) is 14.4 Å². The van der Waals surface area contributed by atoms with Crippen molar-refractivity contribution >= 4 is 18.0 Å². The first-order valence-electron chi connectivity index (χ1n) is 9.16. The number of fused-ring (bicyclic) bond motifs is 3. The highest BCUT2D eigenvalue weighted by Crippen LogP contribution is 2.44. The smallest absolute Gasteiger partial charge is 0.407 e. The fourth-order valence-corrected chi connectivity index (χ4v) is 3.98. The van der Waals surface area contributed by atoms with E-state index in [0.29, 0.717) is 13.0 Å². The number of nitrogens with zero attached hydrogens (tertiary/aromatic N) is 1. The van der Waals surface area contributed by atoms with Crippen LogP contribution in [0.2, 0.25) is 0 Å². The second-order valence-electron chi connectivity index (χ2n) is 6.96. The third-order valence-corrected chi connectivity index (χ3v) is 5.26. The summed E-state index contributed by atoms with van der Waals surface area (Å²) < 4.78 is 5.43. The van der Waals surface area contributed by atoms with Gasteiger partial charge < -0.3 is 20.1 Å². The van der Waals surface area contributed by atoms with Crippen LogP contribution in [0.5, 0.6) is 0 Å². The Morgan fingerprint density at radius 3 is 2.29 bits per heavy atom. The number of hydrogen-bond donors (Lipinski definition) is 2. The van der Waals surface area contributed by atoms with Crippen LogP contribution in [-0.2, 0) is 14.3 Å². The SMILES string of the molecule is O=C(O)CN1CC[C@H](NC(=O)OCC2c3ccccc3-c3ccccc32)C1=O. The Bertz CT molecular complexity index is 896. The first kappa shape index (κ1) is 18.0. The van der Waals surface area contributed by atoms with Gasteiger partial charge in [-0.25, -0.2) is 4.79 Å². The molecule has 2 aromatic rings. The van der Waals surface area contributed by atoms with Crippen LogP contribution in [0.15, 0.2) is 48.5 Å².